The molecule has 0 aromatic heterocycles. The average Bonchev–Trinajstić information content (AvgIpc) is 2.93. The molecule has 1 saturated heterocycles. The zero-order valence-corrected chi connectivity index (χ0v) is 16.2. The van der Waals surface area contributed by atoms with Crippen LogP contribution in [0.4, 0.5) is 11.4 Å². The van der Waals surface area contributed by atoms with E-state index in [9.17, 15) is 9.59 Å². The molecule has 2 aromatic rings. The molecule has 1 fully saturated rings. The van der Waals surface area contributed by atoms with Crippen LogP contribution in [0.15, 0.2) is 51.4 Å². The lowest BCUT2D eigenvalue weighted by Crippen LogP contribution is -2.28. The van der Waals surface area contributed by atoms with Crippen LogP contribution in [0.5, 0.6) is 0 Å². The Balaban J connectivity index is 1.70. The minimum absolute atomic E-state index is 0.0196. The quantitative estimate of drug-likeness (QED) is 0.746. The van der Waals surface area contributed by atoms with Gasteiger partial charge >= 0.3 is 0 Å². The first-order valence-corrected chi connectivity index (χ1v) is 9.15. The summed E-state index contributed by atoms with van der Waals surface area (Å²) >= 11 is 6.81. The summed E-state index contributed by atoms with van der Waals surface area (Å²) in [7, 11) is 0. The van der Waals surface area contributed by atoms with Gasteiger partial charge in [0.1, 0.15) is 0 Å². The number of carbonyl (C=O) groups excluding carboxylic acids is 2. The second-order valence-corrected chi connectivity index (χ2v) is 7.62. The number of amides is 2. The third-order valence-electron chi connectivity index (χ3n) is 4.03. The number of nitrogens with zero attached hydrogens (tertiary/aromatic N) is 1. The van der Waals surface area contributed by atoms with E-state index in [1.807, 2.05) is 49.4 Å². The van der Waals surface area contributed by atoms with Gasteiger partial charge in [0, 0.05) is 27.6 Å². The van der Waals surface area contributed by atoms with E-state index in [1.54, 1.807) is 4.90 Å². The van der Waals surface area contributed by atoms with Crippen LogP contribution in [0.1, 0.15) is 12.0 Å². The van der Waals surface area contributed by atoms with Crippen LogP contribution >= 0.6 is 31.9 Å². The predicted molar refractivity (Wildman–Crippen MR) is 102 cm³/mol. The predicted octanol–water partition coefficient (Wildman–Crippen LogP) is 4.51. The molecule has 0 saturated carbocycles. The highest BCUT2D eigenvalue weighted by Crippen LogP contribution is 2.29. The fourth-order valence-corrected chi connectivity index (χ4v) is 3.83. The molecule has 24 heavy (non-hydrogen) atoms. The molecule has 0 aliphatic carbocycles. The van der Waals surface area contributed by atoms with Crippen molar-refractivity contribution >= 4 is 55.0 Å². The molecule has 3 rings (SSSR count). The Hall–Kier alpha value is -1.66. The highest BCUT2D eigenvalue weighted by atomic mass is 79.9. The van der Waals surface area contributed by atoms with Gasteiger partial charge in [0.15, 0.2) is 0 Å². The van der Waals surface area contributed by atoms with Crippen LogP contribution in [0.25, 0.3) is 0 Å². The zero-order valence-electron chi connectivity index (χ0n) is 13.1. The van der Waals surface area contributed by atoms with Crippen molar-refractivity contribution in [2.24, 2.45) is 5.92 Å². The second kappa shape index (κ2) is 7.07. The lowest BCUT2D eigenvalue weighted by atomic mass is 10.1. The number of anilines is 2. The molecule has 1 N–H and O–H groups in total. The van der Waals surface area contributed by atoms with E-state index in [1.165, 1.54) is 0 Å². The van der Waals surface area contributed by atoms with Gasteiger partial charge in [-0.05, 0) is 53.2 Å². The largest absolute Gasteiger partial charge is 0.325 e. The Labute approximate surface area is 157 Å². The molecule has 2 aromatic carbocycles. The van der Waals surface area contributed by atoms with E-state index >= 15 is 0 Å². The molecule has 2 amide bonds. The van der Waals surface area contributed by atoms with Gasteiger partial charge in [0.2, 0.25) is 11.8 Å². The van der Waals surface area contributed by atoms with Crippen molar-refractivity contribution in [2.45, 2.75) is 13.3 Å². The lowest BCUT2D eigenvalue weighted by Gasteiger charge is -2.17. The Morgan fingerprint density at radius 1 is 1.17 bits per heavy atom. The fraction of sp³-hybridized carbons (Fsp3) is 0.222. The monoisotopic (exact) mass is 450 g/mol. The van der Waals surface area contributed by atoms with E-state index in [0.717, 1.165) is 20.2 Å². The molecular weight excluding hydrogens is 436 g/mol. The van der Waals surface area contributed by atoms with Crippen molar-refractivity contribution in [3.63, 3.8) is 0 Å². The third-order valence-corrected chi connectivity index (χ3v) is 5.18. The minimum Gasteiger partial charge on any atom is -0.325 e. The highest BCUT2D eigenvalue weighted by molar-refractivity contribution is 9.11. The summed E-state index contributed by atoms with van der Waals surface area (Å²) in [4.78, 5) is 26.5. The van der Waals surface area contributed by atoms with E-state index in [0.29, 0.717) is 12.2 Å². The number of halogens is 2. The molecule has 1 atom stereocenters. The second-order valence-electron chi connectivity index (χ2n) is 5.85. The smallest absolute Gasteiger partial charge is 0.229 e. The summed E-state index contributed by atoms with van der Waals surface area (Å²) in [6, 6.07) is 13.3. The van der Waals surface area contributed by atoms with Crippen molar-refractivity contribution in [2.75, 3.05) is 16.8 Å². The third kappa shape index (κ3) is 3.70. The number of benzene rings is 2. The van der Waals surface area contributed by atoms with Gasteiger partial charge in [-0.25, -0.2) is 0 Å². The summed E-state index contributed by atoms with van der Waals surface area (Å²) in [6.07, 6.45) is 0.230. The summed E-state index contributed by atoms with van der Waals surface area (Å²) in [5.41, 5.74) is 2.68. The van der Waals surface area contributed by atoms with Crippen molar-refractivity contribution in [3.8, 4) is 0 Å². The highest BCUT2D eigenvalue weighted by Gasteiger charge is 2.35. The molecular formula is C18H16Br2N2O2. The van der Waals surface area contributed by atoms with E-state index in [2.05, 4.69) is 37.2 Å². The number of hydrogen-bond donors (Lipinski definition) is 1. The summed E-state index contributed by atoms with van der Waals surface area (Å²) in [6.45, 7) is 2.41. The molecule has 1 aliphatic rings. The van der Waals surface area contributed by atoms with Crippen LogP contribution in [-0.2, 0) is 9.59 Å². The number of nitrogens with one attached hydrogen (secondary N) is 1. The summed E-state index contributed by atoms with van der Waals surface area (Å²) in [5, 5.41) is 2.90. The maximum Gasteiger partial charge on any atom is 0.229 e. The van der Waals surface area contributed by atoms with Gasteiger partial charge in [0.25, 0.3) is 0 Å². The first-order chi connectivity index (χ1) is 11.4. The van der Waals surface area contributed by atoms with Crippen LogP contribution in [0, 0.1) is 12.8 Å². The van der Waals surface area contributed by atoms with Crippen molar-refractivity contribution in [1.29, 1.82) is 0 Å². The molecule has 0 radical (unpaired) electrons. The molecule has 6 heteroatoms. The normalized spacial score (nSPS) is 17.2. The van der Waals surface area contributed by atoms with Crippen molar-refractivity contribution < 1.29 is 9.59 Å². The molecule has 0 unspecified atom stereocenters. The summed E-state index contributed by atoms with van der Waals surface area (Å²) in [5.74, 6) is -0.510. The number of carbonyl (C=O) groups is 2. The molecule has 0 spiro atoms. The zero-order chi connectivity index (χ0) is 17.3. The maximum atomic E-state index is 12.5. The van der Waals surface area contributed by atoms with Gasteiger partial charge in [-0.3, -0.25) is 9.59 Å². The summed E-state index contributed by atoms with van der Waals surface area (Å²) < 4.78 is 1.72. The minimum atomic E-state index is -0.352. The Morgan fingerprint density at radius 3 is 2.54 bits per heavy atom. The molecule has 4 nitrogen and oxygen atoms in total. The molecule has 1 aliphatic heterocycles. The Morgan fingerprint density at radius 2 is 1.88 bits per heavy atom. The van der Waals surface area contributed by atoms with E-state index < -0.39 is 0 Å². The van der Waals surface area contributed by atoms with Gasteiger partial charge in [0.05, 0.1) is 11.6 Å². The SMILES string of the molecule is Cc1ccc(N2C[C@H](C(=O)Nc3ccc(Br)cc3Br)CC2=O)cc1. The molecule has 0 bridgehead atoms. The van der Waals surface area contributed by atoms with Gasteiger partial charge in [-0.1, -0.05) is 33.6 Å². The fourth-order valence-electron chi connectivity index (χ4n) is 2.68. The maximum absolute atomic E-state index is 12.5. The van der Waals surface area contributed by atoms with Crippen LogP contribution < -0.4 is 10.2 Å². The number of hydrogen-bond acceptors (Lipinski definition) is 2. The molecule has 124 valence electrons. The van der Waals surface area contributed by atoms with Crippen LogP contribution in [-0.4, -0.2) is 18.4 Å². The van der Waals surface area contributed by atoms with E-state index in [-0.39, 0.29) is 24.2 Å². The first kappa shape index (κ1) is 17.2. The Kier molecular flexibility index (Phi) is 5.06. The Bertz CT molecular complexity index is 790. The van der Waals surface area contributed by atoms with Crippen LogP contribution in [0.3, 0.4) is 0 Å². The standard InChI is InChI=1S/C18H16Br2N2O2/c1-11-2-5-14(6-3-11)22-10-12(8-17(22)23)18(24)21-16-7-4-13(19)9-15(16)20/h2-7,9,12H,8,10H2,1H3,(H,21,24)/t12-/m1/s1. The van der Waals surface area contributed by atoms with Crippen LogP contribution in [0.2, 0.25) is 0 Å². The lowest BCUT2D eigenvalue weighted by molar-refractivity contribution is -0.122. The van der Waals surface area contributed by atoms with Crippen molar-refractivity contribution in [3.05, 3.63) is 57.0 Å². The van der Waals surface area contributed by atoms with Gasteiger partial charge in [-0.2, -0.15) is 0 Å². The number of aryl methyl sites for hydroxylation is 1. The molecule has 1 heterocycles. The van der Waals surface area contributed by atoms with Gasteiger partial charge in [-0.15, -0.1) is 0 Å². The topological polar surface area (TPSA) is 49.4 Å². The first-order valence-electron chi connectivity index (χ1n) is 7.57. The van der Waals surface area contributed by atoms with Crippen molar-refractivity contribution in [1.82, 2.24) is 0 Å². The number of rotatable bonds is 3. The van der Waals surface area contributed by atoms with Gasteiger partial charge < -0.3 is 10.2 Å². The van der Waals surface area contributed by atoms with E-state index in [4.69, 9.17) is 0 Å². The average molecular weight is 452 g/mol.